The molecule has 0 fully saturated rings. The summed E-state index contributed by atoms with van der Waals surface area (Å²) in [6.45, 7) is 19.4. The van der Waals surface area contributed by atoms with Crippen molar-refractivity contribution in [2.45, 2.75) is 54.7 Å². The third-order valence-corrected chi connectivity index (χ3v) is 69.3. The second-order valence-electron chi connectivity index (χ2n) is 8.20. The van der Waals surface area contributed by atoms with Gasteiger partial charge in [0.15, 0.2) is 0 Å². The van der Waals surface area contributed by atoms with Crippen molar-refractivity contribution in [3.63, 3.8) is 0 Å². The van der Waals surface area contributed by atoms with Crippen LogP contribution in [0.4, 0.5) is 0 Å². The summed E-state index contributed by atoms with van der Waals surface area (Å²) in [5, 5.41) is 0. The van der Waals surface area contributed by atoms with Gasteiger partial charge in [-0.15, -0.1) is 0 Å². The van der Waals surface area contributed by atoms with E-state index < -0.39 is 39.4 Å². The Labute approximate surface area is 138 Å². The maximum atomic E-state index is 6.87. The van der Waals surface area contributed by atoms with Crippen LogP contribution in [-0.2, 0) is 0 Å². The van der Waals surface area contributed by atoms with E-state index in [-0.39, 0.29) is 2.30 Å². The number of nitrogens with zero attached hydrogens (tertiary/aromatic N) is 1. The van der Waals surface area contributed by atoms with E-state index in [1.807, 2.05) is 0 Å². The number of hydrogen-bond acceptors (Lipinski definition) is 1. The first kappa shape index (κ1) is 21.3. The first-order chi connectivity index (χ1) is 7.94. The predicted molar refractivity (Wildman–Crippen MR) is 104 cm³/mol. The quantitative estimate of drug-likeness (QED) is 0.469. The van der Waals surface area contributed by atoms with E-state index in [0.29, 0.717) is 0 Å². The fourth-order valence-corrected chi connectivity index (χ4v) is 103. The summed E-state index contributed by atoms with van der Waals surface area (Å²) < 4.78 is 2.50. The molecule has 0 spiro atoms. The third kappa shape index (κ3) is 3.46. The van der Waals surface area contributed by atoms with Gasteiger partial charge in [-0.1, -0.05) is 0 Å². The summed E-state index contributed by atoms with van der Waals surface area (Å²) in [5.41, 5.74) is 0. The molecule has 0 aliphatic carbocycles. The Hall–Kier alpha value is 2.28. The number of rotatable bonds is 5. The van der Waals surface area contributed by atoms with E-state index in [0.717, 1.165) is 0 Å². The standard InChI is InChI=1S/C11H30NSi3.3ClH.Sn/c1-12(2)15(9,10)11(13(3,4)5)14(6,7)8;;;;/h1-10H3;3*1H;/q;;;;+3/p-3. The van der Waals surface area contributed by atoms with Crippen molar-refractivity contribution in [3.05, 3.63) is 0 Å². The molecule has 0 bridgehead atoms. The summed E-state index contributed by atoms with van der Waals surface area (Å²) in [4.78, 5) is 0. The Morgan fingerprint density at radius 1 is 0.737 bits per heavy atom. The number of hydrogen-bond donors (Lipinski definition) is 0. The second kappa shape index (κ2) is 6.06. The maximum absolute atomic E-state index is 6.87. The van der Waals surface area contributed by atoms with Gasteiger partial charge in [0.05, 0.1) is 0 Å². The van der Waals surface area contributed by atoms with Gasteiger partial charge in [-0.25, -0.2) is 0 Å². The summed E-state index contributed by atoms with van der Waals surface area (Å²) in [6, 6.07) is 0. The summed E-state index contributed by atoms with van der Waals surface area (Å²) in [6.07, 6.45) is 0. The molecule has 0 heterocycles. The van der Waals surface area contributed by atoms with Gasteiger partial charge in [-0.05, 0) is 0 Å². The summed E-state index contributed by atoms with van der Waals surface area (Å²) in [5.74, 6) is 0. The van der Waals surface area contributed by atoms with E-state index in [4.69, 9.17) is 26.8 Å². The van der Waals surface area contributed by atoms with Crippen LogP contribution < -0.4 is 0 Å². The molecular formula is C11H30Cl3NSi3Sn. The first-order valence-corrected chi connectivity index (χ1v) is 28.9. The van der Waals surface area contributed by atoms with Gasteiger partial charge < -0.3 is 0 Å². The Morgan fingerprint density at radius 2 is 1.00 bits per heavy atom. The minimum atomic E-state index is -3.69. The fourth-order valence-electron chi connectivity index (χ4n) is 4.49. The van der Waals surface area contributed by atoms with E-state index in [1.165, 1.54) is 0 Å². The van der Waals surface area contributed by atoms with Crippen molar-refractivity contribution >= 4 is 66.1 Å². The van der Waals surface area contributed by atoms with Gasteiger partial charge in [0.2, 0.25) is 0 Å². The Morgan fingerprint density at radius 3 is 1.05 bits per heavy atom. The van der Waals surface area contributed by atoms with Crippen molar-refractivity contribution in [2.75, 3.05) is 14.1 Å². The van der Waals surface area contributed by atoms with Crippen LogP contribution in [0.25, 0.3) is 0 Å². The second-order valence-corrected chi connectivity index (χ2v) is 49.5. The van der Waals surface area contributed by atoms with Gasteiger partial charge in [0, 0.05) is 0 Å². The van der Waals surface area contributed by atoms with Gasteiger partial charge in [0.1, 0.15) is 0 Å². The molecule has 0 radical (unpaired) electrons. The summed E-state index contributed by atoms with van der Waals surface area (Å²) in [7, 11) is 19.9. The monoisotopic (exact) mass is 485 g/mol. The molecule has 8 heteroatoms. The number of halogens is 3. The Balaban J connectivity index is 6.63. The third-order valence-electron chi connectivity index (χ3n) is 4.71. The van der Waals surface area contributed by atoms with Gasteiger partial charge in [0.25, 0.3) is 0 Å². The van der Waals surface area contributed by atoms with E-state index in [9.17, 15) is 0 Å². The van der Waals surface area contributed by atoms with Crippen LogP contribution in [0.1, 0.15) is 0 Å². The normalized spacial score (nSPS) is 16.1. The Kier molecular flexibility index (Phi) is 6.78. The molecule has 116 valence electrons. The molecule has 19 heavy (non-hydrogen) atoms. The van der Waals surface area contributed by atoms with Crippen molar-refractivity contribution < 1.29 is 0 Å². The van der Waals surface area contributed by atoms with Crippen LogP contribution >= 0.6 is 26.8 Å². The van der Waals surface area contributed by atoms with E-state index >= 15 is 0 Å². The van der Waals surface area contributed by atoms with Crippen molar-refractivity contribution in [2.24, 2.45) is 0 Å². The molecule has 0 unspecified atom stereocenters. The molecule has 0 aromatic carbocycles. The zero-order valence-corrected chi connectivity index (χ0v) is 22.2. The molecule has 0 saturated heterocycles. The van der Waals surface area contributed by atoms with Crippen LogP contribution in [0.3, 0.4) is 0 Å². The SMILES string of the molecule is CN(C)[Si](C)(C)[C]([Si](C)(C)C)([Si](C)(C)C)[Sn]([Cl])([Cl])[Cl]. The molecule has 0 aliphatic rings. The molecule has 0 aromatic rings. The van der Waals surface area contributed by atoms with E-state index in [1.54, 1.807) is 0 Å². The van der Waals surface area contributed by atoms with E-state index in [2.05, 4.69) is 71.0 Å². The Bertz CT molecular complexity index is 294. The van der Waals surface area contributed by atoms with Crippen LogP contribution in [0.15, 0.2) is 0 Å². The topological polar surface area (TPSA) is 3.24 Å². The molecule has 0 aromatic heterocycles. The van der Waals surface area contributed by atoms with Gasteiger partial charge in [-0.3, -0.25) is 0 Å². The molecule has 0 saturated carbocycles. The van der Waals surface area contributed by atoms with Crippen LogP contribution in [-0.4, -0.2) is 58.0 Å². The molecule has 0 aliphatic heterocycles. The van der Waals surface area contributed by atoms with Crippen molar-refractivity contribution in [1.82, 2.24) is 4.57 Å². The van der Waals surface area contributed by atoms with Gasteiger partial charge in [-0.2, -0.15) is 0 Å². The summed E-state index contributed by atoms with van der Waals surface area (Å²) >= 11 is -3.69. The molecule has 0 N–H and O–H groups in total. The molecule has 0 rings (SSSR count). The molecule has 0 atom stereocenters. The van der Waals surface area contributed by atoms with Crippen molar-refractivity contribution in [1.29, 1.82) is 0 Å². The van der Waals surface area contributed by atoms with Crippen molar-refractivity contribution in [3.8, 4) is 0 Å². The molecule has 0 amide bonds. The molecule has 1 nitrogen and oxygen atoms in total. The zero-order chi connectivity index (χ0) is 16.1. The predicted octanol–water partition coefficient (Wildman–Crippen LogP) is 5.44. The first-order valence-electron chi connectivity index (χ1n) is 6.68. The fraction of sp³-hybridized carbons (Fsp3) is 1.00. The van der Waals surface area contributed by atoms with Crippen LogP contribution in [0.5, 0.6) is 0 Å². The van der Waals surface area contributed by atoms with Gasteiger partial charge >= 0.3 is 139 Å². The molecular weight excluding hydrogens is 455 g/mol. The zero-order valence-electron chi connectivity index (χ0n) is 14.1. The average Bonchev–Trinajstić information content (AvgIpc) is 1.92. The van der Waals surface area contributed by atoms with Crippen LogP contribution in [0.2, 0.25) is 54.7 Å². The minimum absolute atomic E-state index is 0.0792. The average molecular weight is 486 g/mol. The van der Waals surface area contributed by atoms with Crippen LogP contribution in [0, 0.1) is 0 Å².